The Morgan fingerprint density at radius 1 is 1.18 bits per heavy atom. The van der Waals surface area contributed by atoms with Crippen LogP contribution in [0.1, 0.15) is 30.4 Å². The molecule has 1 aromatic carbocycles. The van der Waals surface area contributed by atoms with Crippen LogP contribution in [0.3, 0.4) is 0 Å². The van der Waals surface area contributed by atoms with Crippen LogP contribution in [0.4, 0.5) is 8.78 Å². The van der Waals surface area contributed by atoms with E-state index >= 15 is 0 Å². The van der Waals surface area contributed by atoms with Gasteiger partial charge in [-0.3, -0.25) is 0 Å². The van der Waals surface area contributed by atoms with Gasteiger partial charge in [-0.15, -0.1) is 0 Å². The minimum absolute atomic E-state index is 0.251. The zero-order valence-electron chi connectivity index (χ0n) is 9.68. The molecule has 0 aliphatic carbocycles. The predicted molar refractivity (Wildman–Crippen MR) is 61.6 cm³/mol. The molecule has 0 bridgehead atoms. The lowest BCUT2D eigenvalue weighted by Gasteiger charge is -2.24. The average molecular weight is 241 g/mol. The van der Waals surface area contributed by atoms with Crippen molar-refractivity contribution >= 4 is 0 Å². The maximum atomic E-state index is 13.2. The Morgan fingerprint density at radius 2 is 1.88 bits per heavy atom. The van der Waals surface area contributed by atoms with Gasteiger partial charge in [0.15, 0.2) is 11.6 Å². The first-order valence-corrected chi connectivity index (χ1v) is 6.01. The zero-order valence-corrected chi connectivity index (χ0v) is 9.68. The Balaban J connectivity index is 2.15. The summed E-state index contributed by atoms with van der Waals surface area (Å²) in [5.41, 5.74) is 1.18. The van der Waals surface area contributed by atoms with Crippen LogP contribution in [-0.2, 0) is 13.0 Å². The molecule has 2 N–H and O–H groups in total. The van der Waals surface area contributed by atoms with Crippen molar-refractivity contribution in [1.82, 2.24) is 5.32 Å². The van der Waals surface area contributed by atoms with E-state index in [1.54, 1.807) is 0 Å². The van der Waals surface area contributed by atoms with Gasteiger partial charge in [-0.1, -0.05) is 6.42 Å². The van der Waals surface area contributed by atoms with Crippen LogP contribution in [0.15, 0.2) is 12.1 Å². The van der Waals surface area contributed by atoms with E-state index in [1.807, 2.05) is 0 Å². The summed E-state index contributed by atoms with van der Waals surface area (Å²) in [7, 11) is 0. The third-order valence-corrected chi connectivity index (χ3v) is 3.29. The first-order valence-electron chi connectivity index (χ1n) is 6.01. The number of hydrogen-bond acceptors (Lipinski definition) is 2. The van der Waals surface area contributed by atoms with Crippen molar-refractivity contribution in [2.75, 3.05) is 6.54 Å². The van der Waals surface area contributed by atoms with E-state index in [-0.39, 0.29) is 6.61 Å². The molecule has 1 heterocycles. The van der Waals surface area contributed by atoms with E-state index in [9.17, 15) is 8.78 Å². The van der Waals surface area contributed by atoms with Crippen LogP contribution in [0, 0.1) is 11.6 Å². The lowest BCUT2D eigenvalue weighted by atomic mass is 9.95. The normalized spacial score (nSPS) is 20.5. The second kappa shape index (κ2) is 5.56. The molecule has 0 spiro atoms. The van der Waals surface area contributed by atoms with E-state index in [2.05, 4.69) is 5.32 Å². The van der Waals surface area contributed by atoms with Crippen molar-refractivity contribution in [3.8, 4) is 0 Å². The lowest BCUT2D eigenvalue weighted by Crippen LogP contribution is -2.35. The summed E-state index contributed by atoms with van der Waals surface area (Å²) in [6, 6.07) is 2.60. The molecule has 2 rings (SSSR count). The lowest BCUT2D eigenvalue weighted by molar-refractivity contribution is 0.278. The van der Waals surface area contributed by atoms with Gasteiger partial charge in [-0.05, 0) is 49.1 Å². The van der Waals surface area contributed by atoms with Crippen LogP contribution < -0.4 is 5.32 Å². The average Bonchev–Trinajstić information content (AvgIpc) is 2.35. The largest absolute Gasteiger partial charge is 0.392 e. The van der Waals surface area contributed by atoms with Gasteiger partial charge in [0.25, 0.3) is 0 Å². The second-order valence-corrected chi connectivity index (χ2v) is 4.54. The Kier molecular flexibility index (Phi) is 4.07. The summed E-state index contributed by atoms with van der Waals surface area (Å²) in [6.45, 7) is 0.724. The molecule has 17 heavy (non-hydrogen) atoms. The standard InChI is InChI=1S/C13H17F2NO/c14-12-6-9(10(8-17)7-13(12)15)5-11-3-1-2-4-16-11/h6-7,11,16-17H,1-5,8H2. The molecular formula is C13H17F2NO. The van der Waals surface area contributed by atoms with Crippen molar-refractivity contribution < 1.29 is 13.9 Å². The molecular weight excluding hydrogens is 224 g/mol. The fourth-order valence-corrected chi connectivity index (χ4v) is 2.33. The second-order valence-electron chi connectivity index (χ2n) is 4.54. The van der Waals surface area contributed by atoms with Crippen molar-refractivity contribution in [2.24, 2.45) is 0 Å². The topological polar surface area (TPSA) is 32.3 Å². The fourth-order valence-electron chi connectivity index (χ4n) is 2.33. The van der Waals surface area contributed by atoms with E-state index in [0.29, 0.717) is 23.6 Å². The summed E-state index contributed by atoms with van der Waals surface area (Å²) in [5.74, 6) is -1.73. The third-order valence-electron chi connectivity index (χ3n) is 3.29. The highest BCUT2D eigenvalue weighted by atomic mass is 19.2. The first-order chi connectivity index (χ1) is 8.20. The van der Waals surface area contributed by atoms with E-state index in [4.69, 9.17) is 5.11 Å². The monoisotopic (exact) mass is 241 g/mol. The summed E-state index contributed by atoms with van der Waals surface area (Å²) < 4.78 is 26.2. The summed E-state index contributed by atoms with van der Waals surface area (Å²) in [4.78, 5) is 0. The summed E-state index contributed by atoms with van der Waals surface area (Å²) >= 11 is 0. The highest BCUT2D eigenvalue weighted by Gasteiger charge is 2.16. The maximum Gasteiger partial charge on any atom is 0.159 e. The molecule has 0 amide bonds. The van der Waals surface area contributed by atoms with Gasteiger partial charge in [0, 0.05) is 6.04 Å². The van der Waals surface area contributed by atoms with Crippen LogP contribution >= 0.6 is 0 Å². The molecule has 0 saturated carbocycles. The molecule has 1 fully saturated rings. The minimum Gasteiger partial charge on any atom is -0.392 e. The third kappa shape index (κ3) is 3.01. The quantitative estimate of drug-likeness (QED) is 0.849. The van der Waals surface area contributed by atoms with Crippen LogP contribution in [0.2, 0.25) is 0 Å². The van der Waals surface area contributed by atoms with E-state index in [0.717, 1.165) is 25.5 Å². The number of hydrogen-bond donors (Lipinski definition) is 2. The number of rotatable bonds is 3. The number of nitrogens with one attached hydrogen (secondary N) is 1. The van der Waals surface area contributed by atoms with Gasteiger partial charge < -0.3 is 10.4 Å². The molecule has 0 aromatic heterocycles. The number of benzene rings is 1. The van der Waals surface area contributed by atoms with Gasteiger partial charge >= 0.3 is 0 Å². The molecule has 1 atom stereocenters. The van der Waals surface area contributed by atoms with Crippen molar-refractivity contribution in [3.63, 3.8) is 0 Å². The Hall–Kier alpha value is -1.00. The van der Waals surface area contributed by atoms with Crippen molar-refractivity contribution in [2.45, 2.75) is 38.3 Å². The minimum atomic E-state index is -0.894. The number of aliphatic hydroxyl groups is 1. The number of piperidine rings is 1. The van der Waals surface area contributed by atoms with Crippen LogP contribution in [0.25, 0.3) is 0 Å². The van der Waals surface area contributed by atoms with Gasteiger partial charge in [0.05, 0.1) is 6.61 Å². The molecule has 1 unspecified atom stereocenters. The smallest absolute Gasteiger partial charge is 0.159 e. The van der Waals surface area contributed by atoms with Crippen molar-refractivity contribution in [3.05, 3.63) is 34.9 Å². The Bertz CT molecular complexity index is 389. The molecule has 4 heteroatoms. The zero-order chi connectivity index (χ0) is 12.3. The Morgan fingerprint density at radius 3 is 2.47 bits per heavy atom. The first kappa shape index (κ1) is 12.5. The molecule has 1 saturated heterocycles. The molecule has 94 valence electrons. The predicted octanol–water partition coefficient (Wildman–Crippen LogP) is 2.14. The van der Waals surface area contributed by atoms with Gasteiger partial charge in [-0.2, -0.15) is 0 Å². The maximum absolute atomic E-state index is 13.2. The van der Waals surface area contributed by atoms with Crippen LogP contribution in [-0.4, -0.2) is 17.7 Å². The Labute approximate surface area is 99.7 Å². The van der Waals surface area contributed by atoms with E-state index < -0.39 is 11.6 Å². The number of halogens is 2. The van der Waals surface area contributed by atoms with Gasteiger partial charge in [0.2, 0.25) is 0 Å². The highest BCUT2D eigenvalue weighted by molar-refractivity contribution is 5.29. The number of aliphatic hydroxyl groups excluding tert-OH is 1. The van der Waals surface area contributed by atoms with Crippen molar-refractivity contribution in [1.29, 1.82) is 0 Å². The van der Waals surface area contributed by atoms with E-state index in [1.165, 1.54) is 12.5 Å². The van der Waals surface area contributed by atoms with Gasteiger partial charge in [-0.25, -0.2) is 8.78 Å². The molecule has 1 aromatic rings. The highest BCUT2D eigenvalue weighted by Crippen LogP contribution is 2.19. The molecule has 1 aliphatic heterocycles. The molecule has 1 aliphatic rings. The van der Waals surface area contributed by atoms with Gasteiger partial charge in [0.1, 0.15) is 0 Å². The summed E-state index contributed by atoms with van der Waals surface area (Å²) in [5, 5.41) is 12.5. The molecule has 2 nitrogen and oxygen atoms in total. The van der Waals surface area contributed by atoms with Crippen LogP contribution in [0.5, 0.6) is 0 Å². The molecule has 0 radical (unpaired) electrons. The fraction of sp³-hybridized carbons (Fsp3) is 0.538. The summed E-state index contributed by atoms with van der Waals surface area (Å²) in [6.07, 6.45) is 4.02. The SMILES string of the molecule is OCc1cc(F)c(F)cc1CC1CCCCN1.